The van der Waals surface area contributed by atoms with Gasteiger partial charge in [0.15, 0.2) is 10.8 Å². The number of benzene rings is 2. The van der Waals surface area contributed by atoms with E-state index in [9.17, 15) is 9.18 Å². The van der Waals surface area contributed by atoms with Crippen LogP contribution in [0.25, 0.3) is 16.7 Å². The lowest BCUT2D eigenvalue weighted by atomic mass is 10.2. The molecular formula is C22H19FN4OS. The molecule has 1 aliphatic carbocycles. The molecule has 0 spiro atoms. The minimum Gasteiger partial charge on any atom is -0.268 e. The van der Waals surface area contributed by atoms with Gasteiger partial charge < -0.3 is 0 Å². The molecule has 0 saturated heterocycles. The van der Waals surface area contributed by atoms with Crippen LogP contribution in [-0.2, 0) is 12.3 Å². The fourth-order valence-electron chi connectivity index (χ4n) is 3.35. The predicted molar refractivity (Wildman–Crippen MR) is 112 cm³/mol. The summed E-state index contributed by atoms with van der Waals surface area (Å²) in [5.41, 5.74) is 2.08. The van der Waals surface area contributed by atoms with Crippen molar-refractivity contribution in [2.24, 2.45) is 5.92 Å². The van der Waals surface area contributed by atoms with Gasteiger partial charge in [-0.1, -0.05) is 42.1 Å². The number of fused-ring (bicyclic) bond motifs is 1. The van der Waals surface area contributed by atoms with E-state index >= 15 is 0 Å². The first-order valence-electron chi connectivity index (χ1n) is 9.60. The molecule has 0 amide bonds. The van der Waals surface area contributed by atoms with Crippen LogP contribution in [0.3, 0.4) is 0 Å². The second-order valence-corrected chi connectivity index (χ2v) is 8.24. The van der Waals surface area contributed by atoms with Crippen molar-refractivity contribution in [1.82, 2.24) is 19.3 Å². The topological polar surface area (TPSA) is 52.7 Å². The van der Waals surface area contributed by atoms with Crippen molar-refractivity contribution >= 4 is 22.8 Å². The highest BCUT2D eigenvalue weighted by atomic mass is 32.2. The van der Waals surface area contributed by atoms with Crippen LogP contribution in [0, 0.1) is 11.7 Å². The summed E-state index contributed by atoms with van der Waals surface area (Å²) in [5, 5.41) is 5.52. The molecule has 0 aliphatic heterocycles. The monoisotopic (exact) mass is 406 g/mol. The Morgan fingerprint density at radius 1 is 1.10 bits per heavy atom. The van der Waals surface area contributed by atoms with Crippen LogP contribution in [0.4, 0.5) is 4.39 Å². The third kappa shape index (κ3) is 3.70. The zero-order valence-corrected chi connectivity index (χ0v) is 16.5. The maximum atomic E-state index is 13.6. The highest BCUT2D eigenvalue weighted by Gasteiger charge is 2.24. The molecule has 1 fully saturated rings. The molecule has 0 unspecified atom stereocenters. The second-order valence-electron chi connectivity index (χ2n) is 7.30. The molecule has 2 heterocycles. The Kier molecular flexibility index (Phi) is 4.67. The molecule has 2 aromatic carbocycles. The quantitative estimate of drug-likeness (QED) is 0.351. The minimum atomic E-state index is -0.269. The summed E-state index contributed by atoms with van der Waals surface area (Å²) >= 11 is 1.42. The van der Waals surface area contributed by atoms with Gasteiger partial charge in [-0.15, -0.1) is 0 Å². The van der Waals surface area contributed by atoms with Gasteiger partial charge in [0.05, 0.1) is 11.9 Å². The van der Waals surface area contributed by atoms with Gasteiger partial charge in [0.1, 0.15) is 11.2 Å². The predicted octanol–water partition coefficient (Wildman–Crippen LogP) is 4.42. The van der Waals surface area contributed by atoms with E-state index in [1.807, 2.05) is 41.1 Å². The van der Waals surface area contributed by atoms with E-state index in [1.54, 1.807) is 16.8 Å². The molecule has 0 radical (unpaired) electrons. The summed E-state index contributed by atoms with van der Waals surface area (Å²) in [7, 11) is 0. The molecule has 5 rings (SSSR count). The zero-order valence-electron chi connectivity index (χ0n) is 15.7. The van der Waals surface area contributed by atoms with E-state index in [1.165, 1.54) is 36.7 Å². The summed E-state index contributed by atoms with van der Waals surface area (Å²) in [6, 6.07) is 16.0. The maximum Gasteiger partial charge on any atom is 0.269 e. The molecule has 7 heteroatoms. The number of hydrogen-bond acceptors (Lipinski definition) is 4. The molecular weight excluding hydrogens is 387 g/mol. The Morgan fingerprint density at radius 2 is 1.93 bits per heavy atom. The van der Waals surface area contributed by atoms with Crippen LogP contribution < -0.4 is 5.56 Å². The van der Waals surface area contributed by atoms with Crippen molar-refractivity contribution in [2.75, 3.05) is 0 Å². The highest BCUT2D eigenvalue weighted by Crippen LogP contribution is 2.31. The van der Waals surface area contributed by atoms with Gasteiger partial charge in [0.2, 0.25) is 0 Å². The molecule has 1 aliphatic rings. The Hall–Kier alpha value is -2.93. The Morgan fingerprint density at radius 3 is 2.69 bits per heavy atom. The van der Waals surface area contributed by atoms with Gasteiger partial charge in [-0.2, -0.15) is 5.10 Å². The lowest BCUT2D eigenvalue weighted by Crippen LogP contribution is -2.22. The van der Waals surface area contributed by atoms with Gasteiger partial charge in [-0.05, 0) is 48.6 Å². The maximum absolute atomic E-state index is 13.6. The molecule has 0 bridgehead atoms. The first-order valence-corrected chi connectivity index (χ1v) is 10.6. The third-order valence-corrected chi connectivity index (χ3v) is 6.05. The van der Waals surface area contributed by atoms with Crippen molar-refractivity contribution in [2.45, 2.75) is 30.3 Å². The normalized spacial score (nSPS) is 13.8. The summed E-state index contributed by atoms with van der Waals surface area (Å²) < 4.78 is 17.0. The van der Waals surface area contributed by atoms with E-state index in [2.05, 4.69) is 5.10 Å². The zero-order chi connectivity index (χ0) is 19.8. The summed E-state index contributed by atoms with van der Waals surface area (Å²) in [6.07, 6.45) is 4.01. The van der Waals surface area contributed by atoms with Crippen molar-refractivity contribution < 1.29 is 4.39 Å². The number of para-hydroxylation sites is 1. The number of nitrogens with zero attached hydrogens (tertiary/aromatic N) is 4. The first-order chi connectivity index (χ1) is 14.2. The summed E-state index contributed by atoms with van der Waals surface area (Å²) in [4.78, 5) is 18.1. The smallest absolute Gasteiger partial charge is 0.268 e. The standard InChI is InChI=1S/C22H19FN4OS/c23-17-6-4-5-16(11-17)14-29-22-25-20-19(12-24-26(20)13-15-9-10-15)21(28)27(22)18-7-2-1-3-8-18/h1-8,11-12,15H,9-10,13-14H2. The second kappa shape index (κ2) is 7.48. The Balaban J connectivity index is 1.61. The number of halogens is 1. The van der Waals surface area contributed by atoms with Crippen LogP contribution in [0.15, 0.2) is 70.7 Å². The van der Waals surface area contributed by atoms with Crippen molar-refractivity contribution in [3.8, 4) is 5.69 Å². The van der Waals surface area contributed by atoms with Gasteiger partial charge in [-0.3, -0.25) is 9.36 Å². The largest absolute Gasteiger partial charge is 0.269 e. The lowest BCUT2D eigenvalue weighted by Gasteiger charge is -2.12. The molecule has 0 atom stereocenters. The molecule has 1 saturated carbocycles. The average Bonchev–Trinajstić information content (AvgIpc) is 3.46. The van der Waals surface area contributed by atoms with E-state index in [0.717, 1.165) is 17.8 Å². The van der Waals surface area contributed by atoms with Crippen LogP contribution in [0.5, 0.6) is 0 Å². The highest BCUT2D eigenvalue weighted by molar-refractivity contribution is 7.98. The van der Waals surface area contributed by atoms with Crippen LogP contribution in [-0.4, -0.2) is 19.3 Å². The fourth-order valence-corrected chi connectivity index (χ4v) is 4.29. The number of rotatable bonds is 6. The van der Waals surface area contributed by atoms with Crippen LogP contribution in [0.1, 0.15) is 18.4 Å². The van der Waals surface area contributed by atoms with E-state index in [4.69, 9.17) is 4.98 Å². The van der Waals surface area contributed by atoms with Crippen LogP contribution in [0.2, 0.25) is 0 Å². The molecule has 5 nitrogen and oxygen atoms in total. The number of aromatic nitrogens is 4. The number of hydrogen-bond donors (Lipinski definition) is 0. The molecule has 2 aromatic heterocycles. The fraction of sp³-hybridized carbons (Fsp3) is 0.227. The Labute approximate surface area is 171 Å². The summed E-state index contributed by atoms with van der Waals surface area (Å²) in [5.74, 6) is 0.869. The molecule has 29 heavy (non-hydrogen) atoms. The Bertz CT molecular complexity index is 1230. The van der Waals surface area contributed by atoms with E-state index in [-0.39, 0.29) is 11.4 Å². The van der Waals surface area contributed by atoms with Gasteiger partial charge in [0, 0.05) is 12.3 Å². The first kappa shape index (κ1) is 18.1. The van der Waals surface area contributed by atoms with Gasteiger partial charge in [-0.25, -0.2) is 14.1 Å². The third-order valence-electron chi connectivity index (χ3n) is 5.04. The van der Waals surface area contributed by atoms with E-state index in [0.29, 0.717) is 27.9 Å². The van der Waals surface area contributed by atoms with Crippen molar-refractivity contribution in [3.63, 3.8) is 0 Å². The van der Waals surface area contributed by atoms with Crippen molar-refractivity contribution in [3.05, 3.63) is 82.5 Å². The van der Waals surface area contributed by atoms with Crippen LogP contribution >= 0.6 is 11.8 Å². The van der Waals surface area contributed by atoms with Gasteiger partial charge >= 0.3 is 0 Å². The molecule has 0 N–H and O–H groups in total. The molecule has 146 valence electrons. The van der Waals surface area contributed by atoms with Crippen molar-refractivity contribution in [1.29, 1.82) is 0 Å². The average molecular weight is 406 g/mol. The van der Waals surface area contributed by atoms with Gasteiger partial charge in [0.25, 0.3) is 5.56 Å². The number of thioether (sulfide) groups is 1. The minimum absolute atomic E-state index is 0.134. The van der Waals surface area contributed by atoms with E-state index < -0.39 is 0 Å². The summed E-state index contributed by atoms with van der Waals surface area (Å²) in [6.45, 7) is 0.791. The SMILES string of the molecule is O=c1c2cnn(CC3CC3)c2nc(SCc2cccc(F)c2)n1-c1ccccc1. The molecule has 4 aromatic rings. The lowest BCUT2D eigenvalue weighted by molar-refractivity contribution is 0.573.